The minimum Gasteiger partial charge on any atom is -0.496 e. The number of morpholine rings is 1. The smallest absolute Gasteiger partial charge is 0.258 e. The minimum absolute atomic E-state index is 0.0525. The Hall–Kier alpha value is -1.75. The number of methoxy groups -OCH3 is 1. The molecule has 6 heteroatoms. The standard InChI is InChI=1S/C19H19Cl2NO3/c1-12-4-3-5-16(24-2)18(12)19(23)22-8-9-25-17(11-22)13-6-7-14(20)15(21)10-13/h3-7,10,17H,8-9,11H2,1-2H3/t17-/m0/s1. The van der Waals surface area contributed by atoms with Gasteiger partial charge in [-0.3, -0.25) is 4.79 Å². The lowest BCUT2D eigenvalue weighted by Crippen LogP contribution is -2.42. The molecule has 2 aromatic carbocycles. The molecule has 0 aromatic heterocycles. The Morgan fingerprint density at radius 3 is 2.76 bits per heavy atom. The Kier molecular flexibility index (Phi) is 5.52. The summed E-state index contributed by atoms with van der Waals surface area (Å²) in [5, 5.41) is 0.977. The van der Waals surface area contributed by atoms with E-state index in [1.165, 1.54) is 0 Å². The van der Waals surface area contributed by atoms with E-state index in [0.717, 1.165) is 11.1 Å². The molecule has 1 aliphatic rings. The third-order valence-corrected chi connectivity index (χ3v) is 5.08. The number of nitrogens with zero attached hydrogens (tertiary/aromatic N) is 1. The quantitative estimate of drug-likeness (QED) is 0.786. The summed E-state index contributed by atoms with van der Waals surface area (Å²) in [5.74, 6) is 0.533. The Bertz CT molecular complexity index is 794. The molecule has 1 fully saturated rings. The van der Waals surface area contributed by atoms with Crippen molar-refractivity contribution in [1.82, 2.24) is 4.90 Å². The summed E-state index contributed by atoms with van der Waals surface area (Å²) in [6.45, 7) is 3.36. The second kappa shape index (κ2) is 7.65. The van der Waals surface area contributed by atoms with Crippen LogP contribution in [0.4, 0.5) is 0 Å². The maximum Gasteiger partial charge on any atom is 0.258 e. The van der Waals surface area contributed by atoms with E-state index in [2.05, 4.69) is 0 Å². The van der Waals surface area contributed by atoms with Gasteiger partial charge < -0.3 is 14.4 Å². The molecule has 2 aromatic rings. The van der Waals surface area contributed by atoms with E-state index in [1.54, 1.807) is 30.2 Å². The molecule has 0 unspecified atom stereocenters. The maximum atomic E-state index is 13.0. The fourth-order valence-corrected chi connectivity index (χ4v) is 3.30. The van der Waals surface area contributed by atoms with Crippen molar-refractivity contribution in [3.63, 3.8) is 0 Å². The Morgan fingerprint density at radius 2 is 2.04 bits per heavy atom. The van der Waals surface area contributed by atoms with Gasteiger partial charge in [0.1, 0.15) is 11.9 Å². The van der Waals surface area contributed by atoms with Gasteiger partial charge in [-0.1, -0.05) is 41.4 Å². The molecular formula is C19H19Cl2NO3. The van der Waals surface area contributed by atoms with Crippen LogP contribution in [0, 0.1) is 6.92 Å². The average molecular weight is 380 g/mol. The highest BCUT2D eigenvalue weighted by atomic mass is 35.5. The number of amides is 1. The number of rotatable bonds is 3. The number of halogens is 2. The second-order valence-electron chi connectivity index (χ2n) is 5.94. The first-order valence-electron chi connectivity index (χ1n) is 8.00. The number of carbonyl (C=O) groups is 1. The van der Waals surface area contributed by atoms with Gasteiger partial charge in [-0.05, 0) is 36.2 Å². The zero-order valence-electron chi connectivity index (χ0n) is 14.1. The van der Waals surface area contributed by atoms with Crippen LogP contribution in [0.5, 0.6) is 5.75 Å². The average Bonchev–Trinajstić information content (AvgIpc) is 2.63. The number of benzene rings is 2. The topological polar surface area (TPSA) is 38.8 Å². The molecule has 0 N–H and O–H groups in total. The van der Waals surface area contributed by atoms with Gasteiger partial charge in [0.2, 0.25) is 0 Å². The highest BCUT2D eigenvalue weighted by molar-refractivity contribution is 6.42. The van der Waals surface area contributed by atoms with Crippen molar-refractivity contribution < 1.29 is 14.3 Å². The lowest BCUT2D eigenvalue weighted by atomic mass is 10.0. The summed E-state index contributed by atoms with van der Waals surface area (Å²) in [5.41, 5.74) is 2.39. The zero-order chi connectivity index (χ0) is 18.0. The summed E-state index contributed by atoms with van der Waals surface area (Å²) in [4.78, 5) is 14.8. The van der Waals surface area contributed by atoms with Gasteiger partial charge in [0.25, 0.3) is 5.91 Å². The van der Waals surface area contributed by atoms with Gasteiger partial charge in [-0.15, -0.1) is 0 Å². The van der Waals surface area contributed by atoms with E-state index >= 15 is 0 Å². The van der Waals surface area contributed by atoms with Gasteiger partial charge >= 0.3 is 0 Å². The van der Waals surface area contributed by atoms with Crippen LogP contribution in [0.2, 0.25) is 10.0 Å². The summed E-state index contributed by atoms with van der Waals surface area (Å²) < 4.78 is 11.2. The van der Waals surface area contributed by atoms with E-state index in [1.807, 2.05) is 25.1 Å². The molecule has 0 bridgehead atoms. The van der Waals surface area contributed by atoms with Gasteiger partial charge in [-0.2, -0.15) is 0 Å². The Morgan fingerprint density at radius 1 is 1.24 bits per heavy atom. The maximum absolute atomic E-state index is 13.0. The third-order valence-electron chi connectivity index (χ3n) is 4.34. The van der Waals surface area contributed by atoms with Crippen molar-refractivity contribution in [2.24, 2.45) is 0 Å². The minimum atomic E-state index is -0.234. The van der Waals surface area contributed by atoms with E-state index in [4.69, 9.17) is 32.7 Å². The van der Waals surface area contributed by atoms with Crippen LogP contribution in [0.15, 0.2) is 36.4 Å². The molecule has 1 atom stereocenters. The molecule has 0 aliphatic carbocycles. The highest BCUT2D eigenvalue weighted by Crippen LogP contribution is 2.30. The number of carbonyl (C=O) groups excluding carboxylic acids is 1. The fourth-order valence-electron chi connectivity index (χ4n) is 2.99. The second-order valence-corrected chi connectivity index (χ2v) is 6.75. The molecule has 25 heavy (non-hydrogen) atoms. The third kappa shape index (κ3) is 3.76. The van der Waals surface area contributed by atoms with Crippen molar-refractivity contribution in [3.8, 4) is 5.75 Å². The molecule has 0 saturated carbocycles. The number of hydrogen-bond acceptors (Lipinski definition) is 3. The van der Waals surface area contributed by atoms with Gasteiger partial charge in [0.15, 0.2) is 0 Å². The molecule has 0 spiro atoms. The van der Waals surface area contributed by atoms with Crippen LogP contribution in [0.1, 0.15) is 27.6 Å². The number of aryl methyl sites for hydroxylation is 1. The molecule has 0 radical (unpaired) electrons. The van der Waals surface area contributed by atoms with Crippen LogP contribution < -0.4 is 4.74 Å². The first kappa shape index (κ1) is 18.1. The van der Waals surface area contributed by atoms with Crippen LogP contribution in [-0.2, 0) is 4.74 Å². The van der Waals surface area contributed by atoms with Crippen LogP contribution in [0.3, 0.4) is 0 Å². The van der Waals surface area contributed by atoms with E-state index in [9.17, 15) is 4.79 Å². The first-order chi connectivity index (χ1) is 12.0. The predicted molar refractivity (Wildman–Crippen MR) is 98.8 cm³/mol. The lowest BCUT2D eigenvalue weighted by molar-refractivity contribution is -0.0229. The van der Waals surface area contributed by atoms with Crippen molar-refractivity contribution >= 4 is 29.1 Å². The van der Waals surface area contributed by atoms with Crippen molar-refractivity contribution in [2.75, 3.05) is 26.8 Å². The summed E-state index contributed by atoms with van der Waals surface area (Å²) in [6.07, 6.45) is -0.234. The van der Waals surface area contributed by atoms with Crippen LogP contribution >= 0.6 is 23.2 Å². The molecule has 132 valence electrons. The van der Waals surface area contributed by atoms with Gasteiger partial charge in [0.05, 0.1) is 35.9 Å². The van der Waals surface area contributed by atoms with Crippen LogP contribution in [0.25, 0.3) is 0 Å². The molecule has 4 nitrogen and oxygen atoms in total. The Labute approximate surface area is 157 Å². The van der Waals surface area contributed by atoms with E-state index in [0.29, 0.717) is 41.1 Å². The summed E-state index contributed by atoms with van der Waals surface area (Å²) >= 11 is 12.1. The molecule has 1 heterocycles. The molecule has 1 saturated heterocycles. The fraction of sp³-hybridized carbons (Fsp3) is 0.316. The first-order valence-corrected chi connectivity index (χ1v) is 8.76. The summed E-state index contributed by atoms with van der Waals surface area (Å²) in [7, 11) is 1.57. The predicted octanol–water partition coefficient (Wildman–Crippen LogP) is 4.52. The van der Waals surface area contributed by atoms with Crippen molar-refractivity contribution in [2.45, 2.75) is 13.0 Å². The SMILES string of the molecule is COc1cccc(C)c1C(=O)N1CCO[C@H](c2ccc(Cl)c(Cl)c2)C1. The van der Waals surface area contributed by atoms with Gasteiger partial charge in [0, 0.05) is 6.54 Å². The van der Waals surface area contributed by atoms with Crippen molar-refractivity contribution in [1.29, 1.82) is 0 Å². The molecule has 3 rings (SSSR count). The number of hydrogen-bond donors (Lipinski definition) is 0. The number of ether oxygens (including phenoxy) is 2. The van der Waals surface area contributed by atoms with Crippen molar-refractivity contribution in [3.05, 3.63) is 63.1 Å². The molecule has 1 amide bonds. The lowest BCUT2D eigenvalue weighted by Gasteiger charge is -2.34. The van der Waals surface area contributed by atoms with E-state index < -0.39 is 0 Å². The zero-order valence-corrected chi connectivity index (χ0v) is 15.6. The molecule has 1 aliphatic heterocycles. The van der Waals surface area contributed by atoms with Crippen LogP contribution in [-0.4, -0.2) is 37.6 Å². The van der Waals surface area contributed by atoms with E-state index in [-0.39, 0.29) is 12.0 Å². The normalized spacial score (nSPS) is 17.4. The largest absolute Gasteiger partial charge is 0.496 e. The monoisotopic (exact) mass is 379 g/mol. The Balaban J connectivity index is 1.84. The van der Waals surface area contributed by atoms with Gasteiger partial charge in [-0.25, -0.2) is 0 Å². The highest BCUT2D eigenvalue weighted by Gasteiger charge is 2.28. The summed E-state index contributed by atoms with van der Waals surface area (Å²) in [6, 6.07) is 11.0. The molecular weight excluding hydrogens is 361 g/mol.